The van der Waals surface area contributed by atoms with Gasteiger partial charge in [-0.2, -0.15) is 0 Å². The molecule has 0 spiro atoms. The topological polar surface area (TPSA) is 32.3 Å². The van der Waals surface area contributed by atoms with Crippen LogP contribution in [-0.4, -0.2) is 5.11 Å². The summed E-state index contributed by atoms with van der Waals surface area (Å²) < 4.78 is 1.08. The number of halogens is 2. The molecule has 2 nitrogen and oxygen atoms in total. The summed E-state index contributed by atoms with van der Waals surface area (Å²) in [5.74, 6) is 0.116. The van der Waals surface area contributed by atoms with Crippen LogP contribution < -0.4 is 5.32 Å². The van der Waals surface area contributed by atoms with Crippen LogP contribution in [0.1, 0.15) is 24.1 Å². The predicted molar refractivity (Wildman–Crippen MR) is 82.5 cm³/mol. The highest BCUT2D eigenvalue weighted by molar-refractivity contribution is 9.10. The van der Waals surface area contributed by atoms with Crippen molar-refractivity contribution in [1.82, 2.24) is 5.32 Å². The summed E-state index contributed by atoms with van der Waals surface area (Å²) in [6.07, 6.45) is 0. The van der Waals surface area contributed by atoms with E-state index in [1.165, 1.54) is 5.56 Å². The highest BCUT2D eigenvalue weighted by Gasteiger charge is 2.06. The number of hydrogen-bond donors (Lipinski definition) is 2. The fraction of sp³-hybridized carbons (Fsp3) is 0.200. The van der Waals surface area contributed by atoms with Crippen molar-refractivity contribution in [2.24, 2.45) is 0 Å². The van der Waals surface area contributed by atoms with Gasteiger partial charge in [-0.15, -0.1) is 0 Å². The lowest BCUT2D eigenvalue weighted by atomic mass is 10.1. The Labute approximate surface area is 126 Å². The Morgan fingerprint density at radius 2 is 2.05 bits per heavy atom. The third kappa shape index (κ3) is 3.96. The van der Waals surface area contributed by atoms with Gasteiger partial charge in [-0.3, -0.25) is 0 Å². The maximum Gasteiger partial charge on any atom is 0.134 e. The van der Waals surface area contributed by atoms with Crippen molar-refractivity contribution < 1.29 is 5.11 Å². The number of benzene rings is 2. The second-order valence-electron chi connectivity index (χ2n) is 4.44. The van der Waals surface area contributed by atoms with E-state index < -0.39 is 0 Å². The molecule has 0 bridgehead atoms. The number of hydrogen-bond acceptors (Lipinski definition) is 2. The van der Waals surface area contributed by atoms with E-state index in [2.05, 4.69) is 40.3 Å². The van der Waals surface area contributed by atoms with Gasteiger partial charge in [0.1, 0.15) is 5.75 Å². The fourth-order valence-corrected chi connectivity index (χ4v) is 2.45. The van der Waals surface area contributed by atoms with Gasteiger partial charge in [0.25, 0.3) is 0 Å². The first kappa shape index (κ1) is 14.4. The third-order valence-electron chi connectivity index (χ3n) is 2.97. The maximum absolute atomic E-state index is 9.37. The fourth-order valence-electron chi connectivity index (χ4n) is 1.83. The zero-order chi connectivity index (χ0) is 13.8. The smallest absolute Gasteiger partial charge is 0.134 e. The standard InChI is InChI=1S/C15H15BrClNO/c1-10(12-3-2-4-13(16)8-12)18-9-11-5-6-15(19)14(17)7-11/h2-8,10,18-19H,9H2,1H3/t10-/m1/s1. The molecule has 2 rings (SSSR count). The average Bonchev–Trinajstić information content (AvgIpc) is 2.40. The minimum atomic E-state index is 0.116. The molecular weight excluding hydrogens is 326 g/mol. The van der Waals surface area contributed by atoms with Gasteiger partial charge in [-0.25, -0.2) is 0 Å². The normalized spacial score (nSPS) is 12.4. The van der Waals surface area contributed by atoms with Crippen LogP contribution in [0.15, 0.2) is 46.9 Å². The van der Waals surface area contributed by atoms with E-state index in [-0.39, 0.29) is 11.8 Å². The second kappa shape index (κ2) is 6.42. The molecule has 2 aromatic rings. The first-order chi connectivity index (χ1) is 9.06. The van der Waals surface area contributed by atoms with Gasteiger partial charge < -0.3 is 10.4 Å². The van der Waals surface area contributed by atoms with Crippen molar-refractivity contribution in [2.75, 3.05) is 0 Å². The summed E-state index contributed by atoms with van der Waals surface area (Å²) in [6.45, 7) is 2.82. The lowest BCUT2D eigenvalue weighted by Crippen LogP contribution is -2.18. The van der Waals surface area contributed by atoms with Crippen molar-refractivity contribution in [3.63, 3.8) is 0 Å². The van der Waals surface area contributed by atoms with E-state index >= 15 is 0 Å². The van der Waals surface area contributed by atoms with Crippen LogP contribution in [0.3, 0.4) is 0 Å². The molecule has 0 unspecified atom stereocenters. The number of phenolic OH excluding ortho intramolecular Hbond substituents is 1. The van der Waals surface area contributed by atoms with Gasteiger partial charge in [-0.05, 0) is 42.3 Å². The van der Waals surface area contributed by atoms with E-state index in [9.17, 15) is 5.11 Å². The Balaban J connectivity index is 2.00. The Hall–Kier alpha value is -1.03. The molecule has 1 atom stereocenters. The molecule has 4 heteroatoms. The van der Waals surface area contributed by atoms with Crippen molar-refractivity contribution >= 4 is 27.5 Å². The summed E-state index contributed by atoms with van der Waals surface area (Å²) >= 11 is 9.35. The average molecular weight is 341 g/mol. The molecule has 2 N–H and O–H groups in total. The van der Waals surface area contributed by atoms with Gasteiger partial charge >= 0.3 is 0 Å². The summed E-state index contributed by atoms with van der Waals surface area (Å²) in [4.78, 5) is 0. The van der Waals surface area contributed by atoms with Crippen molar-refractivity contribution in [3.05, 3.63) is 63.1 Å². The number of rotatable bonds is 4. The minimum Gasteiger partial charge on any atom is -0.506 e. The lowest BCUT2D eigenvalue weighted by molar-refractivity contribution is 0.475. The summed E-state index contributed by atoms with van der Waals surface area (Å²) in [7, 11) is 0. The maximum atomic E-state index is 9.37. The molecular formula is C15H15BrClNO. The van der Waals surface area contributed by atoms with Gasteiger partial charge in [-0.1, -0.05) is 45.7 Å². The van der Waals surface area contributed by atoms with E-state index in [0.29, 0.717) is 11.6 Å². The molecule has 0 heterocycles. The van der Waals surface area contributed by atoms with Gasteiger partial charge in [0.05, 0.1) is 5.02 Å². The molecule has 2 aromatic carbocycles. The minimum absolute atomic E-state index is 0.116. The molecule has 0 saturated heterocycles. The van der Waals surface area contributed by atoms with Crippen molar-refractivity contribution in [1.29, 1.82) is 0 Å². The van der Waals surface area contributed by atoms with E-state index in [0.717, 1.165) is 10.0 Å². The largest absolute Gasteiger partial charge is 0.506 e. The summed E-state index contributed by atoms with van der Waals surface area (Å²) in [5.41, 5.74) is 2.27. The Kier molecular flexibility index (Phi) is 4.86. The Morgan fingerprint density at radius 1 is 1.26 bits per heavy atom. The van der Waals surface area contributed by atoms with Crippen molar-refractivity contribution in [2.45, 2.75) is 19.5 Å². The van der Waals surface area contributed by atoms with Crippen LogP contribution in [0.5, 0.6) is 5.75 Å². The van der Waals surface area contributed by atoms with Crippen LogP contribution in [0.25, 0.3) is 0 Å². The van der Waals surface area contributed by atoms with Crippen LogP contribution in [0, 0.1) is 0 Å². The number of nitrogens with one attached hydrogen (secondary N) is 1. The molecule has 100 valence electrons. The first-order valence-electron chi connectivity index (χ1n) is 6.02. The van der Waals surface area contributed by atoms with Gasteiger partial charge in [0.15, 0.2) is 0 Å². The molecule has 0 saturated carbocycles. The Bertz CT molecular complexity index is 574. The highest BCUT2D eigenvalue weighted by atomic mass is 79.9. The Morgan fingerprint density at radius 3 is 2.74 bits per heavy atom. The molecule has 0 fully saturated rings. The van der Waals surface area contributed by atoms with E-state index in [4.69, 9.17) is 11.6 Å². The van der Waals surface area contributed by atoms with E-state index in [1.54, 1.807) is 12.1 Å². The molecule has 19 heavy (non-hydrogen) atoms. The third-order valence-corrected chi connectivity index (χ3v) is 3.77. The predicted octanol–water partition coefficient (Wildman–Crippen LogP) is 4.66. The molecule has 0 aromatic heterocycles. The van der Waals surface area contributed by atoms with Crippen molar-refractivity contribution in [3.8, 4) is 5.75 Å². The van der Waals surface area contributed by atoms with Crippen LogP contribution in [-0.2, 0) is 6.54 Å². The monoisotopic (exact) mass is 339 g/mol. The highest BCUT2D eigenvalue weighted by Crippen LogP contribution is 2.24. The van der Waals surface area contributed by atoms with Crippen LogP contribution >= 0.6 is 27.5 Å². The molecule has 0 amide bonds. The molecule has 0 aliphatic rings. The summed E-state index contributed by atoms with van der Waals surface area (Å²) in [5, 5.41) is 13.2. The molecule has 0 aliphatic heterocycles. The van der Waals surface area contributed by atoms with Crippen LogP contribution in [0.2, 0.25) is 5.02 Å². The molecule has 0 aliphatic carbocycles. The molecule has 0 radical (unpaired) electrons. The quantitative estimate of drug-likeness (QED) is 0.848. The zero-order valence-electron chi connectivity index (χ0n) is 10.5. The van der Waals surface area contributed by atoms with E-state index in [1.807, 2.05) is 18.2 Å². The first-order valence-corrected chi connectivity index (χ1v) is 7.19. The zero-order valence-corrected chi connectivity index (χ0v) is 12.9. The lowest BCUT2D eigenvalue weighted by Gasteiger charge is -2.15. The van der Waals surface area contributed by atoms with Crippen LogP contribution in [0.4, 0.5) is 0 Å². The number of aromatic hydroxyl groups is 1. The van der Waals surface area contributed by atoms with Gasteiger partial charge in [0, 0.05) is 17.1 Å². The van der Waals surface area contributed by atoms with Gasteiger partial charge in [0.2, 0.25) is 0 Å². The summed E-state index contributed by atoms with van der Waals surface area (Å²) in [6, 6.07) is 13.7. The second-order valence-corrected chi connectivity index (χ2v) is 5.77. The number of phenols is 1. The SMILES string of the molecule is C[C@@H](NCc1ccc(O)c(Cl)c1)c1cccc(Br)c1.